The molecule has 6 heteroatoms. The zero-order chi connectivity index (χ0) is 3.58. The molecule has 36 valence electrons. The van der Waals surface area contributed by atoms with Crippen LogP contribution in [0.4, 0.5) is 4.79 Å². The summed E-state index contributed by atoms with van der Waals surface area (Å²) in [4.78, 5) is 8.56. The second-order valence-electron chi connectivity index (χ2n) is 0.283. The average Bonchev–Trinajstić information content (AvgIpc) is 0.811. The Hall–Kier alpha value is 1.62. The number of hydrogen-bond acceptors (Lipinski definition) is 1. The molecule has 0 spiro atoms. The fraction of sp³-hybridized carbons (Fsp3) is 0. The molecule has 7 heavy (non-hydrogen) atoms. The van der Waals surface area contributed by atoms with E-state index in [1.807, 2.05) is 0 Å². The van der Waals surface area contributed by atoms with Crippen molar-refractivity contribution in [3.8, 4) is 0 Å². The Morgan fingerprint density at radius 3 is 1.29 bits per heavy atom. The molecule has 0 bridgehead atoms. The van der Waals surface area contributed by atoms with Crippen molar-refractivity contribution in [1.29, 1.82) is 0 Å². The van der Waals surface area contributed by atoms with Gasteiger partial charge in [-0.3, -0.25) is 0 Å². The van der Waals surface area contributed by atoms with Gasteiger partial charge in [-0.05, 0) is 0 Å². The van der Waals surface area contributed by atoms with Crippen LogP contribution in [0.1, 0.15) is 2.85 Å². The second-order valence-corrected chi connectivity index (χ2v) is 0.283. The number of carbonyl (C=O) groups is 1. The van der Waals surface area contributed by atoms with Crippen LogP contribution in [0.2, 0.25) is 0 Å². The largest absolute Gasteiger partial charge is 1.00 e. The molecular weight excluding hydrogens is 138 g/mol. The van der Waals surface area contributed by atoms with Crippen LogP contribution in [-0.4, -0.2) is 16.4 Å². The van der Waals surface area contributed by atoms with Crippen molar-refractivity contribution in [1.82, 2.24) is 0 Å². The Balaban J connectivity index is -0.00000000450. The number of hydrogen-bond donors (Lipinski definition) is 2. The third-order valence-electron chi connectivity index (χ3n) is 0. The van der Waals surface area contributed by atoms with Crippen molar-refractivity contribution >= 4 is 19.7 Å². The molecule has 0 fully saturated rings. The molecule has 0 rings (SSSR count). The standard InChI is InChI=1S/CH2O3.2Na.H2S.2H/c2-1(3)4;;;;;/h(H2,2,3,4);;;1H2;;/q;2*+1;;2*-1. The minimum absolute atomic E-state index is 0. The van der Waals surface area contributed by atoms with E-state index in [-0.39, 0.29) is 75.5 Å². The van der Waals surface area contributed by atoms with Gasteiger partial charge in [0, 0.05) is 0 Å². The molecule has 0 radical (unpaired) electrons. The molecule has 0 atom stereocenters. The molecule has 3 nitrogen and oxygen atoms in total. The molecule has 0 unspecified atom stereocenters. The molecule has 0 aliphatic rings. The van der Waals surface area contributed by atoms with E-state index in [9.17, 15) is 0 Å². The van der Waals surface area contributed by atoms with Crippen LogP contribution in [0, 0.1) is 0 Å². The van der Waals surface area contributed by atoms with Crippen molar-refractivity contribution < 1.29 is 77.0 Å². The van der Waals surface area contributed by atoms with Gasteiger partial charge in [0.15, 0.2) is 0 Å². The molecule has 2 N–H and O–H groups in total. The topological polar surface area (TPSA) is 57.5 Å². The van der Waals surface area contributed by atoms with Gasteiger partial charge in [-0.2, -0.15) is 13.5 Å². The van der Waals surface area contributed by atoms with Gasteiger partial charge >= 0.3 is 65.3 Å². The molecule has 0 aliphatic carbocycles. The van der Waals surface area contributed by atoms with Crippen LogP contribution in [0.5, 0.6) is 0 Å². The van der Waals surface area contributed by atoms with Gasteiger partial charge in [0.25, 0.3) is 0 Å². The summed E-state index contributed by atoms with van der Waals surface area (Å²) in [6.45, 7) is 0. The molecule has 0 aromatic rings. The number of carboxylic acid groups (broad SMARTS) is 2. The van der Waals surface area contributed by atoms with Crippen LogP contribution in [0.15, 0.2) is 0 Å². The fourth-order valence-corrected chi connectivity index (χ4v) is 0. The third kappa shape index (κ3) is 91.7. The van der Waals surface area contributed by atoms with E-state index in [2.05, 4.69) is 0 Å². The Labute approximate surface area is 95.5 Å². The summed E-state index contributed by atoms with van der Waals surface area (Å²) in [5.41, 5.74) is 0. The Bertz CT molecular complexity index is 42.8. The molecule has 0 heterocycles. The van der Waals surface area contributed by atoms with Crippen LogP contribution in [-0.2, 0) is 0 Å². The first-order valence-corrected chi connectivity index (χ1v) is 0.651. The Kier molecular flexibility index (Phi) is 52.4. The zero-order valence-electron chi connectivity index (χ0n) is 6.30. The monoisotopic (exact) mass is 144 g/mol. The van der Waals surface area contributed by atoms with E-state index in [0.29, 0.717) is 0 Å². The summed E-state index contributed by atoms with van der Waals surface area (Å²) in [7, 11) is 0. The smallest absolute Gasteiger partial charge is 1.00 e. The Morgan fingerprint density at radius 1 is 1.29 bits per heavy atom. The van der Waals surface area contributed by atoms with Crippen molar-refractivity contribution in [2.45, 2.75) is 0 Å². The van der Waals surface area contributed by atoms with Gasteiger partial charge in [-0.15, -0.1) is 0 Å². The van der Waals surface area contributed by atoms with Crippen molar-refractivity contribution in [2.75, 3.05) is 0 Å². The van der Waals surface area contributed by atoms with Crippen LogP contribution < -0.4 is 59.1 Å². The first kappa shape index (κ1) is 23.4. The van der Waals surface area contributed by atoms with Crippen molar-refractivity contribution in [3.05, 3.63) is 0 Å². The number of rotatable bonds is 0. The van der Waals surface area contributed by atoms with Crippen LogP contribution in [0.25, 0.3) is 0 Å². The van der Waals surface area contributed by atoms with Gasteiger partial charge in [0.2, 0.25) is 0 Å². The van der Waals surface area contributed by atoms with Crippen LogP contribution in [0.3, 0.4) is 0 Å². The summed E-state index contributed by atoms with van der Waals surface area (Å²) in [5, 5.41) is 13.9. The maximum absolute atomic E-state index is 8.56. The van der Waals surface area contributed by atoms with Crippen LogP contribution >= 0.6 is 13.5 Å². The van der Waals surface area contributed by atoms with Gasteiger partial charge in [0.05, 0.1) is 0 Å². The van der Waals surface area contributed by atoms with Crippen molar-refractivity contribution in [3.63, 3.8) is 0 Å². The first-order valence-electron chi connectivity index (χ1n) is 0.651. The maximum Gasteiger partial charge on any atom is 1.00 e. The summed E-state index contributed by atoms with van der Waals surface area (Å²) in [6.07, 6.45) is -1.83. The van der Waals surface area contributed by atoms with Crippen molar-refractivity contribution in [2.24, 2.45) is 0 Å². The third-order valence-corrected chi connectivity index (χ3v) is 0. The summed E-state index contributed by atoms with van der Waals surface area (Å²) < 4.78 is 0. The van der Waals surface area contributed by atoms with E-state index < -0.39 is 6.16 Å². The molecule has 0 saturated heterocycles. The Morgan fingerprint density at radius 2 is 1.29 bits per heavy atom. The predicted octanol–water partition coefficient (Wildman–Crippen LogP) is -5.43. The van der Waals surface area contributed by atoms with Gasteiger partial charge in [-0.1, -0.05) is 0 Å². The molecule has 0 aromatic carbocycles. The quantitative estimate of drug-likeness (QED) is 0.334. The van der Waals surface area contributed by atoms with E-state index >= 15 is 0 Å². The fourth-order valence-electron chi connectivity index (χ4n) is 0. The molecule has 0 aliphatic heterocycles. The summed E-state index contributed by atoms with van der Waals surface area (Å²) in [5.74, 6) is 0. The van der Waals surface area contributed by atoms with Gasteiger partial charge < -0.3 is 13.1 Å². The van der Waals surface area contributed by atoms with E-state index in [0.717, 1.165) is 0 Å². The SMILES string of the molecule is O=C(O)O.S.[H-].[H-].[Na+].[Na+]. The zero-order valence-corrected chi connectivity index (χ0v) is 9.30. The van der Waals surface area contributed by atoms with Gasteiger partial charge in [-0.25, -0.2) is 4.79 Å². The predicted molar refractivity (Wildman–Crippen MR) is 23.3 cm³/mol. The maximum atomic E-state index is 8.56. The summed E-state index contributed by atoms with van der Waals surface area (Å²) in [6, 6.07) is 0. The second kappa shape index (κ2) is 15.6. The van der Waals surface area contributed by atoms with E-state index in [1.165, 1.54) is 0 Å². The molecule has 0 saturated carbocycles. The minimum atomic E-state index is -1.83. The normalized spacial score (nSPS) is 3.43. The molecule has 0 aromatic heterocycles. The average molecular weight is 144 g/mol. The first-order chi connectivity index (χ1) is 1.73. The summed E-state index contributed by atoms with van der Waals surface area (Å²) >= 11 is 0. The molecular formula is CH6Na2O3S. The van der Waals surface area contributed by atoms with E-state index in [1.54, 1.807) is 0 Å². The minimum Gasteiger partial charge on any atom is -1.00 e. The van der Waals surface area contributed by atoms with E-state index in [4.69, 9.17) is 15.0 Å². The van der Waals surface area contributed by atoms with Gasteiger partial charge in [0.1, 0.15) is 0 Å². The molecule has 0 amide bonds.